The molecule has 0 aliphatic carbocycles. The maximum atomic E-state index is 12.3. The van der Waals surface area contributed by atoms with Crippen molar-refractivity contribution in [3.8, 4) is 17.2 Å². The lowest BCUT2D eigenvalue weighted by Crippen LogP contribution is -2.43. The predicted molar refractivity (Wildman–Crippen MR) is 140 cm³/mol. The van der Waals surface area contributed by atoms with Gasteiger partial charge >= 0.3 is 6.03 Å². The standard InChI is InChI=1S/C27H40N4O3/c1-5-20(6-2)29-27(32)30-21-9-14-25(26(19-21)33-8-4)34-24-12-10-22(11-13-24)31(7-3)23-15-17-28-18-16-23/h9-14,19-20,23,28H,5-8,15-18H2,1-4H3,(H2,29,30,32). The molecule has 1 heterocycles. The minimum atomic E-state index is -0.213. The van der Waals surface area contributed by atoms with E-state index in [1.165, 1.54) is 18.5 Å². The lowest BCUT2D eigenvalue weighted by atomic mass is 10.0. The van der Waals surface area contributed by atoms with E-state index < -0.39 is 0 Å². The van der Waals surface area contributed by atoms with Gasteiger partial charge in [0.25, 0.3) is 0 Å². The molecule has 7 nitrogen and oxygen atoms in total. The van der Waals surface area contributed by atoms with Crippen LogP contribution in [0.25, 0.3) is 0 Å². The Morgan fingerprint density at radius 2 is 1.74 bits per heavy atom. The molecular formula is C27H40N4O3. The molecule has 0 unspecified atom stereocenters. The second-order valence-electron chi connectivity index (χ2n) is 8.57. The van der Waals surface area contributed by atoms with Gasteiger partial charge in [0.2, 0.25) is 0 Å². The minimum absolute atomic E-state index is 0.162. The fraction of sp³-hybridized carbons (Fsp3) is 0.519. The van der Waals surface area contributed by atoms with Crippen LogP contribution >= 0.6 is 0 Å². The van der Waals surface area contributed by atoms with Crippen LogP contribution in [-0.4, -0.2) is 44.4 Å². The van der Waals surface area contributed by atoms with E-state index in [1.54, 1.807) is 6.07 Å². The molecule has 1 aliphatic heterocycles. The van der Waals surface area contributed by atoms with Crippen molar-refractivity contribution in [2.24, 2.45) is 0 Å². The van der Waals surface area contributed by atoms with Gasteiger partial charge in [0, 0.05) is 36.1 Å². The average molecular weight is 469 g/mol. The Morgan fingerprint density at radius 3 is 2.35 bits per heavy atom. The number of hydrogen-bond acceptors (Lipinski definition) is 5. The molecule has 34 heavy (non-hydrogen) atoms. The summed E-state index contributed by atoms with van der Waals surface area (Å²) in [5.74, 6) is 1.96. The highest BCUT2D eigenvalue weighted by atomic mass is 16.5. The highest BCUT2D eigenvalue weighted by Crippen LogP contribution is 2.35. The first kappa shape index (κ1) is 25.7. The molecule has 2 aromatic carbocycles. The molecule has 3 N–H and O–H groups in total. The van der Waals surface area contributed by atoms with Crippen LogP contribution in [0.15, 0.2) is 42.5 Å². The Bertz CT molecular complexity index is 893. The maximum Gasteiger partial charge on any atom is 0.319 e. The van der Waals surface area contributed by atoms with Gasteiger partial charge in [-0.3, -0.25) is 0 Å². The van der Waals surface area contributed by atoms with Gasteiger partial charge in [0.05, 0.1) is 6.61 Å². The van der Waals surface area contributed by atoms with Gasteiger partial charge < -0.3 is 30.3 Å². The van der Waals surface area contributed by atoms with Crippen molar-refractivity contribution in [2.75, 3.05) is 36.5 Å². The van der Waals surface area contributed by atoms with Gasteiger partial charge in [0.15, 0.2) is 11.5 Å². The van der Waals surface area contributed by atoms with Gasteiger partial charge in [-0.2, -0.15) is 0 Å². The zero-order valence-electron chi connectivity index (χ0n) is 21.0. The van der Waals surface area contributed by atoms with Crippen molar-refractivity contribution in [2.45, 2.75) is 65.5 Å². The molecule has 0 radical (unpaired) electrons. The molecule has 1 fully saturated rings. The molecule has 0 aromatic heterocycles. The number of piperidine rings is 1. The first-order chi connectivity index (χ1) is 16.6. The number of carbonyl (C=O) groups is 1. The zero-order valence-corrected chi connectivity index (χ0v) is 21.0. The predicted octanol–water partition coefficient (Wildman–Crippen LogP) is 5.77. The van der Waals surface area contributed by atoms with Crippen LogP contribution in [0.2, 0.25) is 0 Å². The van der Waals surface area contributed by atoms with Crippen LogP contribution < -0.4 is 30.3 Å². The molecule has 2 amide bonds. The van der Waals surface area contributed by atoms with Gasteiger partial charge in [-0.05, 0) is 89.0 Å². The number of urea groups is 1. The fourth-order valence-electron chi connectivity index (χ4n) is 4.39. The summed E-state index contributed by atoms with van der Waals surface area (Å²) in [7, 11) is 0. The molecule has 3 rings (SSSR count). The molecule has 0 atom stereocenters. The monoisotopic (exact) mass is 468 g/mol. The van der Waals surface area contributed by atoms with Gasteiger partial charge in [-0.15, -0.1) is 0 Å². The summed E-state index contributed by atoms with van der Waals surface area (Å²) in [6.45, 7) is 11.9. The summed E-state index contributed by atoms with van der Waals surface area (Å²) in [6, 6.07) is 14.2. The maximum absolute atomic E-state index is 12.3. The van der Waals surface area contributed by atoms with E-state index in [9.17, 15) is 4.79 Å². The van der Waals surface area contributed by atoms with Crippen molar-refractivity contribution >= 4 is 17.4 Å². The third-order valence-electron chi connectivity index (χ3n) is 6.31. The Morgan fingerprint density at radius 1 is 1.03 bits per heavy atom. The van der Waals surface area contributed by atoms with Crippen molar-refractivity contribution < 1.29 is 14.3 Å². The molecular weight excluding hydrogens is 428 g/mol. The summed E-state index contributed by atoms with van der Waals surface area (Å²) in [6.07, 6.45) is 4.13. The number of nitrogens with zero attached hydrogens (tertiary/aromatic N) is 1. The summed E-state index contributed by atoms with van der Waals surface area (Å²) >= 11 is 0. The first-order valence-corrected chi connectivity index (χ1v) is 12.7. The smallest absolute Gasteiger partial charge is 0.319 e. The molecule has 2 aromatic rings. The summed E-state index contributed by atoms with van der Waals surface area (Å²) in [5.41, 5.74) is 1.88. The Balaban J connectivity index is 1.68. The highest BCUT2D eigenvalue weighted by molar-refractivity contribution is 5.89. The highest BCUT2D eigenvalue weighted by Gasteiger charge is 2.20. The number of anilines is 2. The van der Waals surface area contributed by atoms with Crippen LogP contribution in [0.3, 0.4) is 0 Å². The fourth-order valence-corrected chi connectivity index (χ4v) is 4.39. The van der Waals surface area contributed by atoms with Crippen molar-refractivity contribution in [3.63, 3.8) is 0 Å². The molecule has 7 heteroatoms. The van der Waals surface area contributed by atoms with Crippen LogP contribution in [-0.2, 0) is 0 Å². The van der Waals surface area contributed by atoms with Crippen molar-refractivity contribution in [1.29, 1.82) is 0 Å². The molecule has 1 saturated heterocycles. The van der Waals surface area contributed by atoms with Gasteiger partial charge in [-0.1, -0.05) is 13.8 Å². The van der Waals surface area contributed by atoms with Crippen molar-refractivity contribution in [1.82, 2.24) is 10.6 Å². The number of nitrogens with one attached hydrogen (secondary N) is 3. The average Bonchev–Trinajstić information content (AvgIpc) is 2.86. The SMILES string of the molecule is CCOc1cc(NC(=O)NC(CC)CC)ccc1Oc1ccc(N(CC)C2CCNCC2)cc1. The lowest BCUT2D eigenvalue weighted by molar-refractivity contribution is 0.247. The molecule has 1 aliphatic rings. The van der Waals surface area contributed by atoms with Crippen LogP contribution in [0, 0.1) is 0 Å². The van der Waals surface area contributed by atoms with Crippen molar-refractivity contribution in [3.05, 3.63) is 42.5 Å². The van der Waals surface area contributed by atoms with E-state index >= 15 is 0 Å². The molecule has 0 spiro atoms. The number of carbonyl (C=O) groups excluding carboxylic acids is 1. The van der Waals surface area contributed by atoms with Crippen LogP contribution in [0.4, 0.5) is 16.2 Å². The van der Waals surface area contributed by atoms with E-state index in [1.807, 2.05) is 31.2 Å². The number of hydrogen-bond donors (Lipinski definition) is 3. The van der Waals surface area contributed by atoms with E-state index in [0.29, 0.717) is 29.8 Å². The normalized spacial score (nSPS) is 14.0. The zero-order chi connectivity index (χ0) is 24.3. The molecule has 186 valence electrons. The quantitative estimate of drug-likeness (QED) is 0.391. The summed E-state index contributed by atoms with van der Waals surface area (Å²) < 4.78 is 12.0. The summed E-state index contributed by atoms with van der Waals surface area (Å²) in [4.78, 5) is 14.8. The number of rotatable bonds is 11. The second-order valence-corrected chi connectivity index (χ2v) is 8.57. The topological polar surface area (TPSA) is 74.9 Å². The largest absolute Gasteiger partial charge is 0.490 e. The number of ether oxygens (including phenoxy) is 2. The third kappa shape index (κ3) is 7.03. The third-order valence-corrected chi connectivity index (χ3v) is 6.31. The van der Waals surface area contributed by atoms with E-state index in [-0.39, 0.29) is 12.1 Å². The van der Waals surface area contributed by atoms with Crippen LogP contribution in [0.5, 0.6) is 17.2 Å². The second kappa shape index (κ2) is 13.1. The Hall–Kier alpha value is -2.93. The Labute approximate surface area is 204 Å². The molecule has 0 saturated carbocycles. The van der Waals surface area contributed by atoms with Gasteiger partial charge in [0.1, 0.15) is 5.75 Å². The Kier molecular flexibility index (Phi) is 9.89. The van der Waals surface area contributed by atoms with Gasteiger partial charge in [-0.25, -0.2) is 4.79 Å². The van der Waals surface area contributed by atoms with E-state index in [2.05, 4.69) is 53.8 Å². The number of benzene rings is 2. The number of amides is 2. The first-order valence-electron chi connectivity index (χ1n) is 12.7. The minimum Gasteiger partial charge on any atom is -0.490 e. The summed E-state index contributed by atoms with van der Waals surface area (Å²) in [5, 5.41) is 9.32. The molecule has 0 bridgehead atoms. The van der Waals surface area contributed by atoms with E-state index in [0.717, 1.165) is 38.2 Å². The van der Waals surface area contributed by atoms with Crippen LogP contribution in [0.1, 0.15) is 53.4 Å². The lowest BCUT2D eigenvalue weighted by Gasteiger charge is -2.35. The van der Waals surface area contributed by atoms with E-state index in [4.69, 9.17) is 9.47 Å².